The van der Waals surface area contributed by atoms with E-state index in [1.54, 1.807) is 0 Å². The molecule has 2 atom stereocenters. The van der Waals surface area contributed by atoms with Crippen LogP contribution in [0.5, 0.6) is 0 Å². The number of fused-ring (bicyclic) bond motifs is 4. The molecule has 0 N–H and O–H groups in total. The number of hydrogen-bond donors (Lipinski definition) is 0. The van der Waals surface area contributed by atoms with Crippen molar-refractivity contribution in [2.75, 3.05) is 13.2 Å². The number of hydrogen-bond acceptors (Lipinski definition) is 5. The van der Waals surface area contributed by atoms with Gasteiger partial charge in [0.1, 0.15) is 11.7 Å². The number of ether oxygens (including phenoxy) is 2. The second-order valence-electron chi connectivity index (χ2n) is 15.0. The molecule has 1 unspecified atom stereocenters. The fourth-order valence-electron chi connectivity index (χ4n) is 6.71. The van der Waals surface area contributed by atoms with Crippen LogP contribution in [0, 0.1) is 10.6 Å². The van der Waals surface area contributed by atoms with Gasteiger partial charge in [-0.2, -0.15) is 17.9 Å². The van der Waals surface area contributed by atoms with Crippen molar-refractivity contribution in [3.05, 3.63) is 62.9 Å². The van der Waals surface area contributed by atoms with Crippen LogP contribution in [-0.2, 0) is 32.1 Å². The first-order chi connectivity index (χ1) is 19.3. The molecule has 0 saturated carbocycles. The van der Waals surface area contributed by atoms with E-state index in [1.807, 2.05) is 13.8 Å². The largest absolute Gasteiger partial charge is 0.618 e. The fraction of sp³-hybridized carbons (Fsp3) is 0.688. The molecular weight excluding hydrogens is 561 g/mol. The molecule has 2 aromatic rings. The quantitative estimate of drug-likeness (QED) is 0.200. The van der Waals surface area contributed by atoms with Crippen LogP contribution in [-0.4, -0.2) is 26.5 Å². The zero-order chi connectivity index (χ0) is 31.0. The van der Waals surface area contributed by atoms with Gasteiger partial charge in [0, 0.05) is 50.2 Å². The third kappa shape index (κ3) is 5.30. The van der Waals surface area contributed by atoms with Crippen LogP contribution in [0.2, 0.25) is 18.1 Å². The molecule has 2 aliphatic heterocycles. The molecule has 0 bridgehead atoms. The van der Waals surface area contributed by atoms with Crippen molar-refractivity contribution in [2.45, 2.75) is 122 Å². The van der Waals surface area contributed by atoms with E-state index in [1.165, 1.54) is 6.07 Å². The predicted octanol–water partition coefficient (Wildman–Crippen LogP) is 8.02. The first-order valence-electron chi connectivity index (χ1n) is 15.1. The van der Waals surface area contributed by atoms with Gasteiger partial charge in [-0.05, 0) is 42.1 Å². The fourth-order valence-corrected chi connectivity index (χ4v) is 7.97. The summed E-state index contributed by atoms with van der Waals surface area (Å²) in [5.74, 6) is -0.151. The molecular formula is C32H45F3N2O4Si. The van der Waals surface area contributed by atoms with Crippen molar-refractivity contribution >= 4 is 8.32 Å². The van der Waals surface area contributed by atoms with E-state index < -0.39 is 31.8 Å². The molecule has 5 rings (SSSR count). The highest BCUT2D eigenvalue weighted by Gasteiger charge is 2.56. The topological polar surface area (TPSA) is 67.5 Å². The van der Waals surface area contributed by atoms with Crippen molar-refractivity contribution in [3.8, 4) is 0 Å². The molecule has 0 radical (unpaired) electrons. The number of alkyl halides is 3. The minimum atomic E-state index is -4.50. The summed E-state index contributed by atoms with van der Waals surface area (Å²) in [4.78, 5) is 4.27. The zero-order valence-corrected chi connectivity index (χ0v) is 27.4. The minimum Gasteiger partial charge on any atom is -0.618 e. The number of aromatic nitrogens is 2. The average Bonchev–Trinajstić information content (AvgIpc) is 3.16. The van der Waals surface area contributed by atoms with Crippen LogP contribution in [0.1, 0.15) is 125 Å². The Kier molecular flexibility index (Phi) is 7.69. The molecule has 232 valence electrons. The third-order valence-corrected chi connectivity index (χ3v) is 14.3. The van der Waals surface area contributed by atoms with Crippen molar-refractivity contribution in [3.63, 3.8) is 0 Å². The minimum absolute atomic E-state index is 0.0389. The van der Waals surface area contributed by atoms with Gasteiger partial charge < -0.3 is 19.1 Å². The van der Waals surface area contributed by atoms with Crippen molar-refractivity contribution in [2.24, 2.45) is 5.41 Å². The lowest BCUT2D eigenvalue weighted by atomic mass is 9.69. The van der Waals surface area contributed by atoms with E-state index in [-0.39, 0.29) is 22.5 Å². The molecule has 4 heterocycles. The van der Waals surface area contributed by atoms with Gasteiger partial charge in [-0.1, -0.05) is 48.5 Å². The normalized spacial score (nSPS) is 23.7. The smallest absolute Gasteiger partial charge is 0.417 e. The molecule has 1 saturated heterocycles. The standard InChI is InChI=1S/C32H45F3N2O4Si/c1-19(2)27-25-26(24-22(37(27)38)16-30(6,7)17-23(24)41-42(8,9)29(3,4)5)31(12-14-39-15-13-31)40-28(25)21-11-10-20(18-36-21)32(33,34)35/h10-11,18-19,23,28H,12-17H2,1-9H3/t23?,28-/m1/s1. The number of nitrogens with zero attached hydrogens (tertiary/aromatic N) is 2. The number of halogens is 3. The summed E-state index contributed by atoms with van der Waals surface area (Å²) in [6, 6.07) is 2.44. The van der Waals surface area contributed by atoms with Crippen LogP contribution in [0.25, 0.3) is 0 Å². The molecule has 3 aliphatic rings. The van der Waals surface area contributed by atoms with Gasteiger partial charge in [-0.25, -0.2) is 0 Å². The maximum absolute atomic E-state index is 14.5. The van der Waals surface area contributed by atoms with Gasteiger partial charge in [-0.15, -0.1) is 0 Å². The Labute approximate surface area is 248 Å². The summed E-state index contributed by atoms with van der Waals surface area (Å²) in [5, 5.41) is 14.4. The maximum Gasteiger partial charge on any atom is 0.417 e. The van der Waals surface area contributed by atoms with Crippen molar-refractivity contribution in [1.29, 1.82) is 0 Å². The van der Waals surface area contributed by atoms with Gasteiger partial charge >= 0.3 is 6.18 Å². The molecule has 2 aromatic heterocycles. The Morgan fingerprint density at radius 3 is 2.26 bits per heavy atom. The van der Waals surface area contributed by atoms with Crippen LogP contribution in [0.15, 0.2) is 18.3 Å². The van der Waals surface area contributed by atoms with Gasteiger partial charge in [0.15, 0.2) is 14.0 Å². The van der Waals surface area contributed by atoms with Crippen molar-refractivity contribution < 1.29 is 31.8 Å². The highest BCUT2D eigenvalue weighted by molar-refractivity contribution is 6.74. The van der Waals surface area contributed by atoms with E-state index in [0.717, 1.165) is 45.8 Å². The predicted molar refractivity (Wildman–Crippen MR) is 157 cm³/mol. The molecule has 0 aromatic carbocycles. The summed E-state index contributed by atoms with van der Waals surface area (Å²) < 4.78 is 61.3. The Morgan fingerprint density at radius 2 is 1.74 bits per heavy atom. The van der Waals surface area contributed by atoms with Gasteiger partial charge in [0.2, 0.25) is 5.69 Å². The number of pyridine rings is 2. The number of rotatable bonds is 4. The Morgan fingerprint density at radius 1 is 1.10 bits per heavy atom. The lowest BCUT2D eigenvalue weighted by molar-refractivity contribution is -0.626. The highest BCUT2D eigenvalue weighted by Crippen LogP contribution is 2.58. The summed E-state index contributed by atoms with van der Waals surface area (Å²) in [6.07, 6.45) is -2.18. The van der Waals surface area contributed by atoms with E-state index in [0.29, 0.717) is 43.9 Å². The van der Waals surface area contributed by atoms with Crippen LogP contribution < -0.4 is 4.73 Å². The lowest BCUT2D eigenvalue weighted by Gasteiger charge is -2.45. The van der Waals surface area contributed by atoms with Gasteiger partial charge in [-0.3, -0.25) is 4.98 Å². The summed E-state index contributed by atoms with van der Waals surface area (Å²) in [5.41, 5.74) is 2.63. The monoisotopic (exact) mass is 606 g/mol. The van der Waals surface area contributed by atoms with E-state index >= 15 is 0 Å². The van der Waals surface area contributed by atoms with Crippen molar-refractivity contribution in [1.82, 2.24) is 4.98 Å². The maximum atomic E-state index is 14.5. The van der Waals surface area contributed by atoms with Gasteiger partial charge in [0.05, 0.1) is 28.5 Å². The van der Waals surface area contributed by atoms with Gasteiger partial charge in [0.25, 0.3) is 0 Å². The zero-order valence-electron chi connectivity index (χ0n) is 26.4. The average molecular weight is 607 g/mol. The summed E-state index contributed by atoms with van der Waals surface area (Å²) in [6.45, 7) is 20.4. The van der Waals surface area contributed by atoms with Crippen LogP contribution in [0.4, 0.5) is 13.2 Å². The molecule has 10 heteroatoms. The van der Waals surface area contributed by atoms with E-state index in [9.17, 15) is 18.4 Å². The van der Waals surface area contributed by atoms with E-state index in [4.69, 9.17) is 13.9 Å². The second-order valence-corrected chi connectivity index (χ2v) is 19.7. The first-order valence-corrected chi connectivity index (χ1v) is 18.0. The Bertz CT molecular complexity index is 1340. The lowest BCUT2D eigenvalue weighted by Crippen LogP contribution is -2.49. The molecule has 1 spiro atoms. The first kappa shape index (κ1) is 31.4. The molecule has 6 nitrogen and oxygen atoms in total. The van der Waals surface area contributed by atoms with Crippen LogP contribution in [0.3, 0.4) is 0 Å². The highest BCUT2D eigenvalue weighted by atomic mass is 28.4. The molecule has 42 heavy (non-hydrogen) atoms. The second kappa shape index (κ2) is 10.3. The molecule has 1 fully saturated rings. The Hall–Kier alpha value is -2.01. The molecule has 1 aliphatic carbocycles. The van der Waals surface area contributed by atoms with Crippen LogP contribution >= 0.6 is 0 Å². The third-order valence-electron chi connectivity index (χ3n) is 9.83. The SMILES string of the molecule is CC(C)c1c2c(c3c([n+]1[O-])CC(C)(C)CC3O[Si](C)(C)C(C)(C)C)C1(CCOCC1)O[C@@H]2c1ccc(C(F)(F)F)cn1. The Balaban J connectivity index is 1.80. The molecule has 0 amide bonds. The van der Waals surface area contributed by atoms with E-state index in [2.05, 4.69) is 52.7 Å². The summed E-state index contributed by atoms with van der Waals surface area (Å²) in [7, 11) is -2.27. The summed E-state index contributed by atoms with van der Waals surface area (Å²) >= 11 is 0.